The molecule has 0 saturated heterocycles. The summed E-state index contributed by atoms with van der Waals surface area (Å²) >= 11 is 0. The van der Waals surface area contributed by atoms with Crippen LogP contribution >= 0.6 is 0 Å². The van der Waals surface area contributed by atoms with Crippen LogP contribution in [-0.4, -0.2) is 41.6 Å². The summed E-state index contributed by atoms with van der Waals surface area (Å²) in [5, 5.41) is 11.3. The predicted molar refractivity (Wildman–Crippen MR) is 57.6 cm³/mol. The summed E-state index contributed by atoms with van der Waals surface area (Å²) in [5.41, 5.74) is 0. The highest BCUT2D eigenvalue weighted by Gasteiger charge is 2.17. The van der Waals surface area contributed by atoms with Crippen LogP contribution in [0.4, 0.5) is 4.79 Å². The summed E-state index contributed by atoms with van der Waals surface area (Å²) in [4.78, 5) is 23.4. The van der Waals surface area contributed by atoms with E-state index in [1.807, 2.05) is 0 Å². The Labute approximate surface area is 89.8 Å². The highest BCUT2D eigenvalue weighted by Crippen LogP contribution is 1.98. The lowest BCUT2D eigenvalue weighted by molar-refractivity contribution is -0.141. The number of carboxylic acid groups (broad SMARTS) is 1. The zero-order chi connectivity index (χ0) is 12.0. The fourth-order valence-corrected chi connectivity index (χ4v) is 0.936. The Hall–Kier alpha value is -1.52. The number of nitrogens with zero attached hydrogens (tertiary/aromatic N) is 1. The van der Waals surface area contributed by atoms with Gasteiger partial charge in [0.15, 0.2) is 0 Å². The third-order valence-electron chi connectivity index (χ3n) is 2.02. The molecule has 0 bridgehead atoms. The van der Waals surface area contributed by atoms with Gasteiger partial charge in [-0.05, 0) is 6.92 Å². The van der Waals surface area contributed by atoms with E-state index in [0.29, 0.717) is 0 Å². The van der Waals surface area contributed by atoms with Gasteiger partial charge < -0.3 is 15.3 Å². The molecular weight excluding hydrogens is 196 g/mol. The Balaban J connectivity index is 4.09. The van der Waals surface area contributed by atoms with E-state index in [-0.39, 0.29) is 18.6 Å². The molecule has 2 atom stereocenters. The largest absolute Gasteiger partial charge is 0.481 e. The van der Waals surface area contributed by atoms with Crippen LogP contribution in [0, 0.1) is 5.92 Å². The van der Waals surface area contributed by atoms with Crippen LogP contribution in [0.15, 0.2) is 12.7 Å². The first-order chi connectivity index (χ1) is 6.88. The van der Waals surface area contributed by atoms with Gasteiger partial charge in [-0.25, -0.2) is 4.79 Å². The number of aliphatic carboxylic acids is 1. The Morgan fingerprint density at radius 1 is 1.53 bits per heavy atom. The first-order valence-corrected chi connectivity index (χ1v) is 4.75. The maximum absolute atomic E-state index is 11.4. The van der Waals surface area contributed by atoms with Crippen LogP contribution in [-0.2, 0) is 4.79 Å². The van der Waals surface area contributed by atoms with Gasteiger partial charge >= 0.3 is 12.0 Å². The number of carbonyl (C=O) groups excluding carboxylic acids is 1. The molecule has 0 aromatic heterocycles. The van der Waals surface area contributed by atoms with Crippen LogP contribution in [0.2, 0.25) is 0 Å². The maximum atomic E-state index is 11.4. The van der Waals surface area contributed by atoms with Gasteiger partial charge in [-0.3, -0.25) is 4.79 Å². The molecule has 2 amide bonds. The van der Waals surface area contributed by atoms with Crippen molar-refractivity contribution in [1.82, 2.24) is 10.2 Å². The van der Waals surface area contributed by atoms with Crippen molar-refractivity contribution in [2.45, 2.75) is 19.9 Å². The lowest BCUT2D eigenvalue weighted by atomic mass is 10.2. The third kappa shape index (κ3) is 5.05. The molecule has 0 aliphatic rings. The molecule has 0 rings (SSSR count). The van der Waals surface area contributed by atoms with Gasteiger partial charge in [0.05, 0.1) is 5.92 Å². The van der Waals surface area contributed by atoms with Crippen molar-refractivity contribution in [3.8, 4) is 0 Å². The second-order valence-electron chi connectivity index (χ2n) is 3.59. The number of hydrogen-bond donors (Lipinski definition) is 2. The van der Waals surface area contributed by atoms with Gasteiger partial charge in [0, 0.05) is 19.6 Å². The van der Waals surface area contributed by atoms with Crippen molar-refractivity contribution in [2.75, 3.05) is 13.6 Å². The quantitative estimate of drug-likeness (QED) is 0.669. The fourth-order valence-electron chi connectivity index (χ4n) is 0.936. The fraction of sp³-hybridized carbons (Fsp3) is 0.600. The molecule has 0 fully saturated rings. The zero-order valence-corrected chi connectivity index (χ0v) is 9.36. The molecule has 0 spiro atoms. The first-order valence-electron chi connectivity index (χ1n) is 4.75. The Bertz CT molecular complexity index is 253. The molecule has 0 radical (unpaired) electrons. The molecule has 2 N–H and O–H groups in total. The molecule has 0 aromatic carbocycles. The lowest BCUT2D eigenvalue weighted by Gasteiger charge is -2.21. The minimum Gasteiger partial charge on any atom is -0.481 e. The van der Waals surface area contributed by atoms with Crippen LogP contribution in [0.25, 0.3) is 0 Å². The van der Waals surface area contributed by atoms with Crippen molar-refractivity contribution in [3.05, 3.63) is 12.7 Å². The summed E-state index contributed by atoms with van der Waals surface area (Å²) in [6, 6.07) is -0.421. The van der Waals surface area contributed by atoms with E-state index >= 15 is 0 Å². The molecule has 0 aromatic rings. The van der Waals surface area contributed by atoms with Gasteiger partial charge in [-0.1, -0.05) is 13.0 Å². The summed E-state index contributed by atoms with van der Waals surface area (Å²) in [6.45, 7) is 7.07. The average Bonchev–Trinajstić information content (AvgIpc) is 2.16. The van der Waals surface area contributed by atoms with E-state index in [4.69, 9.17) is 5.11 Å². The molecule has 0 aliphatic carbocycles. The number of hydrogen-bond acceptors (Lipinski definition) is 2. The van der Waals surface area contributed by atoms with Crippen LogP contribution in [0.3, 0.4) is 0 Å². The molecule has 86 valence electrons. The summed E-state index contributed by atoms with van der Waals surface area (Å²) in [6.07, 6.45) is 1.60. The molecule has 0 heterocycles. The standard InChI is InChI=1S/C10H18N2O3/c1-5-8(3)11-10(15)12(4)6-7(2)9(13)14/h5,7-8H,1,6H2,2-4H3,(H,11,15)(H,13,14). The Morgan fingerprint density at radius 2 is 2.07 bits per heavy atom. The lowest BCUT2D eigenvalue weighted by Crippen LogP contribution is -2.43. The zero-order valence-electron chi connectivity index (χ0n) is 9.36. The molecule has 5 heteroatoms. The van der Waals surface area contributed by atoms with Gasteiger partial charge in [-0.2, -0.15) is 0 Å². The van der Waals surface area contributed by atoms with Gasteiger partial charge in [0.25, 0.3) is 0 Å². The van der Waals surface area contributed by atoms with Gasteiger partial charge in [0.1, 0.15) is 0 Å². The van der Waals surface area contributed by atoms with Gasteiger partial charge in [-0.15, -0.1) is 6.58 Å². The smallest absolute Gasteiger partial charge is 0.317 e. The molecule has 2 unspecified atom stereocenters. The van der Waals surface area contributed by atoms with Crippen molar-refractivity contribution >= 4 is 12.0 Å². The molecule has 5 nitrogen and oxygen atoms in total. The summed E-state index contributed by atoms with van der Waals surface area (Å²) < 4.78 is 0. The second kappa shape index (κ2) is 6.06. The molecule has 0 saturated carbocycles. The number of urea groups is 1. The third-order valence-corrected chi connectivity index (χ3v) is 2.02. The normalized spacial score (nSPS) is 13.8. The number of nitrogens with one attached hydrogen (secondary N) is 1. The summed E-state index contributed by atoms with van der Waals surface area (Å²) in [5.74, 6) is -1.48. The van der Waals surface area contributed by atoms with Gasteiger partial charge in [0.2, 0.25) is 0 Å². The highest BCUT2D eigenvalue weighted by molar-refractivity contribution is 5.76. The minimum atomic E-state index is -0.911. The van der Waals surface area contributed by atoms with E-state index in [9.17, 15) is 9.59 Å². The first kappa shape index (κ1) is 13.5. The average molecular weight is 214 g/mol. The van der Waals surface area contributed by atoms with E-state index in [1.54, 1.807) is 27.0 Å². The van der Waals surface area contributed by atoms with E-state index in [1.165, 1.54) is 4.90 Å². The second-order valence-corrected chi connectivity index (χ2v) is 3.59. The van der Waals surface area contributed by atoms with Crippen molar-refractivity contribution in [1.29, 1.82) is 0 Å². The van der Waals surface area contributed by atoms with Crippen molar-refractivity contribution in [2.24, 2.45) is 5.92 Å². The number of amides is 2. The van der Waals surface area contributed by atoms with Crippen molar-refractivity contribution < 1.29 is 14.7 Å². The van der Waals surface area contributed by atoms with E-state index in [2.05, 4.69) is 11.9 Å². The SMILES string of the molecule is C=CC(C)NC(=O)N(C)CC(C)C(=O)O. The van der Waals surface area contributed by atoms with Crippen LogP contribution < -0.4 is 5.32 Å². The topological polar surface area (TPSA) is 69.6 Å². The Kier molecular flexibility index (Phi) is 5.44. The van der Waals surface area contributed by atoms with Crippen molar-refractivity contribution in [3.63, 3.8) is 0 Å². The monoisotopic (exact) mass is 214 g/mol. The highest BCUT2D eigenvalue weighted by atomic mass is 16.4. The number of rotatable bonds is 5. The van der Waals surface area contributed by atoms with Crippen LogP contribution in [0.5, 0.6) is 0 Å². The van der Waals surface area contributed by atoms with E-state index in [0.717, 1.165) is 0 Å². The molecule has 0 aliphatic heterocycles. The number of carbonyl (C=O) groups is 2. The Morgan fingerprint density at radius 3 is 2.47 bits per heavy atom. The van der Waals surface area contributed by atoms with Crippen LogP contribution in [0.1, 0.15) is 13.8 Å². The number of carboxylic acids is 1. The summed E-state index contributed by atoms with van der Waals surface area (Å²) in [7, 11) is 1.56. The van der Waals surface area contributed by atoms with E-state index < -0.39 is 11.9 Å². The molecular formula is C10H18N2O3. The minimum absolute atomic E-state index is 0.125. The molecule has 15 heavy (non-hydrogen) atoms. The maximum Gasteiger partial charge on any atom is 0.317 e. The predicted octanol–water partition coefficient (Wildman–Crippen LogP) is 0.923.